The zero-order chi connectivity index (χ0) is 23.9. The molecule has 0 unspecified atom stereocenters. The summed E-state index contributed by atoms with van der Waals surface area (Å²) in [6, 6.07) is 5.70. The summed E-state index contributed by atoms with van der Waals surface area (Å²) in [5, 5.41) is 0.504. The average molecular weight is 491 g/mol. The number of nitrogens with zero attached hydrogens (tertiary/aromatic N) is 3. The van der Waals surface area contributed by atoms with Gasteiger partial charge in [-0.15, -0.1) is 11.3 Å². The normalized spacial score (nSPS) is 14.4. The third-order valence-corrected chi connectivity index (χ3v) is 7.83. The molecule has 0 atom stereocenters. The number of amides is 1. The fraction of sp³-hybridized carbons (Fsp3) is 0.250. The maximum Gasteiger partial charge on any atom is 0.348 e. The van der Waals surface area contributed by atoms with Crippen LogP contribution in [0.25, 0.3) is 10.2 Å². The molecular formula is C20H18N4O7S2. The molecule has 1 aliphatic heterocycles. The van der Waals surface area contributed by atoms with Crippen LogP contribution < -0.4 is 5.73 Å². The number of aromatic nitrogens is 2. The number of ether oxygens (including phenoxy) is 2. The van der Waals surface area contributed by atoms with Crippen LogP contribution in [0.2, 0.25) is 0 Å². The Morgan fingerprint density at radius 2 is 1.91 bits per heavy atom. The van der Waals surface area contributed by atoms with Gasteiger partial charge in [0.25, 0.3) is 15.9 Å². The molecule has 13 heteroatoms. The van der Waals surface area contributed by atoms with Gasteiger partial charge in [0.05, 0.1) is 17.6 Å². The molecule has 0 bridgehead atoms. The standard InChI is InChI=1S/C20H18N4O7S2/c1-3-30-20(27)16-10(2)15-17(21)22-13(23-18(15)32-16)9-31-14(25)8-24-19(26)11-6-4-5-7-12(11)33(24,28)29/h4-7H,3,8-9H2,1-2H3,(H2,21,22,23). The van der Waals surface area contributed by atoms with Gasteiger partial charge in [-0.2, -0.15) is 0 Å². The topological polar surface area (TPSA) is 159 Å². The van der Waals surface area contributed by atoms with Gasteiger partial charge in [-0.1, -0.05) is 12.1 Å². The summed E-state index contributed by atoms with van der Waals surface area (Å²) in [7, 11) is -4.13. The lowest BCUT2D eigenvalue weighted by molar-refractivity contribution is -0.145. The molecule has 0 aliphatic carbocycles. The van der Waals surface area contributed by atoms with Gasteiger partial charge >= 0.3 is 11.9 Å². The van der Waals surface area contributed by atoms with Crippen LogP contribution in [-0.4, -0.2) is 53.7 Å². The van der Waals surface area contributed by atoms with Crippen molar-refractivity contribution in [3.63, 3.8) is 0 Å². The SMILES string of the molecule is CCOC(=O)c1sc2nc(COC(=O)CN3C(=O)c4ccccc4S3(=O)=O)nc(N)c2c1C. The minimum atomic E-state index is -4.13. The second kappa shape index (κ2) is 8.41. The number of nitrogen functional groups attached to an aromatic ring is 1. The second-order valence-electron chi connectivity index (χ2n) is 6.96. The van der Waals surface area contributed by atoms with E-state index < -0.39 is 41.0 Å². The summed E-state index contributed by atoms with van der Waals surface area (Å²) in [6.07, 6.45) is 0. The molecule has 172 valence electrons. The highest BCUT2D eigenvalue weighted by atomic mass is 32.2. The third kappa shape index (κ3) is 3.89. The Morgan fingerprint density at radius 1 is 1.18 bits per heavy atom. The van der Waals surface area contributed by atoms with Crippen molar-refractivity contribution in [1.29, 1.82) is 0 Å². The van der Waals surface area contributed by atoms with Crippen LogP contribution in [0.1, 0.15) is 38.3 Å². The maximum atomic E-state index is 12.6. The molecular weight excluding hydrogens is 472 g/mol. The molecule has 1 aromatic carbocycles. The zero-order valence-corrected chi connectivity index (χ0v) is 19.2. The number of hydrogen-bond acceptors (Lipinski definition) is 11. The van der Waals surface area contributed by atoms with Crippen LogP contribution in [0.5, 0.6) is 0 Å². The molecule has 0 saturated heterocycles. The first-order chi connectivity index (χ1) is 15.6. The van der Waals surface area contributed by atoms with E-state index in [0.29, 0.717) is 25.0 Å². The predicted molar refractivity (Wildman–Crippen MR) is 117 cm³/mol. The van der Waals surface area contributed by atoms with E-state index in [9.17, 15) is 22.8 Å². The highest BCUT2D eigenvalue weighted by Gasteiger charge is 2.42. The minimum absolute atomic E-state index is 0.00247. The van der Waals surface area contributed by atoms with Crippen molar-refractivity contribution in [2.45, 2.75) is 25.3 Å². The fourth-order valence-electron chi connectivity index (χ4n) is 3.37. The molecule has 3 aromatic rings. The van der Waals surface area contributed by atoms with Gasteiger partial charge in [-0.25, -0.2) is 27.5 Å². The van der Waals surface area contributed by atoms with Crippen molar-refractivity contribution in [1.82, 2.24) is 14.3 Å². The number of carbonyl (C=O) groups excluding carboxylic acids is 3. The highest BCUT2D eigenvalue weighted by Crippen LogP contribution is 2.33. The Hall–Kier alpha value is -3.58. The van der Waals surface area contributed by atoms with Gasteiger partial charge < -0.3 is 15.2 Å². The van der Waals surface area contributed by atoms with Crippen LogP contribution in [0, 0.1) is 6.92 Å². The Bertz CT molecular complexity index is 1420. The summed E-state index contributed by atoms with van der Waals surface area (Å²) in [6.45, 7) is 2.42. The number of anilines is 1. The van der Waals surface area contributed by atoms with Gasteiger partial charge in [-0.3, -0.25) is 9.59 Å². The van der Waals surface area contributed by atoms with Crippen molar-refractivity contribution in [3.05, 3.63) is 46.1 Å². The monoisotopic (exact) mass is 490 g/mol. The number of benzene rings is 1. The van der Waals surface area contributed by atoms with Crippen LogP contribution in [0.3, 0.4) is 0 Å². The number of aryl methyl sites for hydroxylation is 1. The quantitative estimate of drug-likeness (QED) is 0.503. The Kier molecular flexibility index (Phi) is 5.76. The first-order valence-corrected chi connectivity index (χ1v) is 11.9. The molecule has 0 spiro atoms. The van der Waals surface area contributed by atoms with Crippen LogP contribution in [0.4, 0.5) is 5.82 Å². The molecule has 0 radical (unpaired) electrons. The largest absolute Gasteiger partial charge is 0.462 e. The van der Waals surface area contributed by atoms with Gasteiger partial charge in [-0.05, 0) is 31.5 Å². The Labute approximate surface area is 192 Å². The molecule has 4 rings (SSSR count). The van der Waals surface area contributed by atoms with Crippen LogP contribution >= 0.6 is 11.3 Å². The number of carbonyl (C=O) groups is 3. The van der Waals surface area contributed by atoms with Crippen molar-refractivity contribution < 1.29 is 32.3 Å². The maximum absolute atomic E-state index is 12.6. The van der Waals surface area contributed by atoms with Gasteiger partial charge in [0.15, 0.2) is 12.4 Å². The first kappa shape index (κ1) is 22.6. The number of sulfonamides is 1. The number of hydrogen-bond donors (Lipinski definition) is 1. The smallest absolute Gasteiger partial charge is 0.348 e. The second-order valence-corrected chi connectivity index (χ2v) is 9.79. The molecule has 11 nitrogen and oxygen atoms in total. The van der Waals surface area contributed by atoms with E-state index in [-0.39, 0.29) is 28.7 Å². The molecule has 1 amide bonds. The zero-order valence-electron chi connectivity index (χ0n) is 17.5. The molecule has 2 aromatic heterocycles. The van der Waals surface area contributed by atoms with Crippen molar-refractivity contribution in [3.8, 4) is 0 Å². The first-order valence-electron chi connectivity index (χ1n) is 9.69. The van der Waals surface area contributed by atoms with Crippen LogP contribution in [-0.2, 0) is 30.9 Å². The van der Waals surface area contributed by atoms with E-state index in [0.717, 1.165) is 11.3 Å². The summed E-state index contributed by atoms with van der Waals surface area (Å²) in [5.74, 6) is -2.10. The Balaban J connectivity index is 1.49. The van der Waals surface area contributed by atoms with Crippen molar-refractivity contribution in [2.24, 2.45) is 0 Å². The molecule has 2 N–H and O–H groups in total. The summed E-state index contributed by atoms with van der Waals surface area (Å²) >= 11 is 1.08. The molecule has 1 aliphatic rings. The number of thiophene rings is 1. The molecule has 0 saturated carbocycles. The van der Waals surface area contributed by atoms with E-state index in [4.69, 9.17) is 15.2 Å². The van der Waals surface area contributed by atoms with E-state index in [1.54, 1.807) is 13.8 Å². The van der Waals surface area contributed by atoms with E-state index >= 15 is 0 Å². The van der Waals surface area contributed by atoms with Crippen LogP contribution in [0.15, 0.2) is 29.2 Å². The van der Waals surface area contributed by atoms with E-state index in [2.05, 4.69) is 9.97 Å². The fourth-order valence-corrected chi connectivity index (χ4v) is 5.98. The average Bonchev–Trinajstić information content (AvgIpc) is 3.20. The summed E-state index contributed by atoms with van der Waals surface area (Å²) in [4.78, 5) is 45.8. The molecule has 33 heavy (non-hydrogen) atoms. The lowest BCUT2D eigenvalue weighted by Gasteiger charge is -2.14. The lowest BCUT2D eigenvalue weighted by Crippen LogP contribution is -2.35. The summed E-state index contributed by atoms with van der Waals surface area (Å²) in [5.41, 5.74) is 6.60. The van der Waals surface area contributed by atoms with E-state index in [1.165, 1.54) is 24.3 Å². The predicted octanol–water partition coefficient (Wildman–Crippen LogP) is 1.65. The Morgan fingerprint density at radius 3 is 2.61 bits per heavy atom. The number of rotatable bonds is 6. The lowest BCUT2D eigenvalue weighted by atomic mass is 10.2. The number of esters is 2. The van der Waals surface area contributed by atoms with Gasteiger partial charge in [0.1, 0.15) is 27.0 Å². The van der Waals surface area contributed by atoms with Gasteiger partial charge in [0.2, 0.25) is 0 Å². The minimum Gasteiger partial charge on any atom is -0.462 e. The van der Waals surface area contributed by atoms with Crippen molar-refractivity contribution in [2.75, 3.05) is 18.9 Å². The molecule has 0 fully saturated rings. The highest BCUT2D eigenvalue weighted by molar-refractivity contribution is 7.90. The van der Waals surface area contributed by atoms with Gasteiger partial charge in [0, 0.05) is 0 Å². The summed E-state index contributed by atoms with van der Waals surface area (Å²) < 4.78 is 35.7. The molecule has 3 heterocycles. The third-order valence-electron chi connectivity index (χ3n) is 4.87. The van der Waals surface area contributed by atoms with E-state index in [1.807, 2.05) is 0 Å². The van der Waals surface area contributed by atoms with Crippen molar-refractivity contribution >= 4 is 55.2 Å². The number of fused-ring (bicyclic) bond motifs is 2. The number of nitrogens with two attached hydrogens (primary N) is 1.